The van der Waals surface area contributed by atoms with Gasteiger partial charge in [0.1, 0.15) is 0 Å². The van der Waals surface area contributed by atoms with Gasteiger partial charge in [0.2, 0.25) is 5.91 Å². The van der Waals surface area contributed by atoms with Crippen LogP contribution in [0.15, 0.2) is 21.1 Å². The lowest BCUT2D eigenvalue weighted by atomic mass is 10.0. The fourth-order valence-electron chi connectivity index (χ4n) is 3.21. The lowest BCUT2D eigenvalue weighted by Gasteiger charge is -2.24. The molecule has 130 valence electrons. The molecule has 0 aromatic rings. The maximum absolute atomic E-state index is 12.9. The quantitative estimate of drug-likeness (QED) is 0.727. The largest absolute Gasteiger partial charge is 0.352 e. The van der Waals surface area contributed by atoms with E-state index < -0.39 is 0 Å². The SMILES string of the molecule is O=C(NCC1CC1)C1=C(NC(=O)C2CC2)SSC2=C1CCCCC2. The number of carbonyl (C=O) groups excluding carboxylic acids is 2. The first-order valence-corrected chi connectivity index (χ1v) is 11.3. The van der Waals surface area contributed by atoms with Crippen molar-refractivity contribution in [2.75, 3.05) is 6.54 Å². The summed E-state index contributed by atoms with van der Waals surface area (Å²) in [6.45, 7) is 0.770. The minimum absolute atomic E-state index is 0.00944. The van der Waals surface area contributed by atoms with E-state index in [1.54, 1.807) is 21.6 Å². The fourth-order valence-corrected chi connectivity index (χ4v) is 5.85. The Morgan fingerprint density at radius 2 is 1.79 bits per heavy atom. The van der Waals surface area contributed by atoms with Crippen molar-refractivity contribution in [3.8, 4) is 0 Å². The molecule has 0 bridgehead atoms. The highest BCUT2D eigenvalue weighted by Crippen LogP contribution is 2.50. The average Bonchev–Trinajstić information content (AvgIpc) is 3.46. The topological polar surface area (TPSA) is 58.2 Å². The van der Waals surface area contributed by atoms with Crippen LogP contribution in [0, 0.1) is 11.8 Å². The van der Waals surface area contributed by atoms with Crippen LogP contribution in [-0.4, -0.2) is 18.4 Å². The molecule has 4 rings (SSSR count). The molecule has 6 heteroatoms. The summed E-state index contributed by atoms with van der Waals surface area (Å²) in [7, 11) is 3.31. The maximum atomic E-state index is 12.9. The second-order valence-electron chi connectivity index (χ2n) is 7.25. The summed E-state index contributed by atoms with van der Waals surface area (Å²) < 4.78 is 0. The highest BCUT2D eigenvalue weighted by atomic mass is 33.1. The highest BCUT2D eigenvalue weighted by Gasteiger charge is 2.34. The monoisotopic (exact) mass is 364 g/mol. The molecule has 2 amide bonds. The Morgan fingerprint density at radius 1 is 1.00 bits per heavy atom. The van der Waals surface area contributed by atoms with Gasteiger partial charge >= 0.3 is 0 Å². The van der Waals surface area contributed by atoms with Crippen LogP contribution >= 0.6 is 21.6 Å². The van der Waals surface area contributed by atoms with Crippen LogP contribution in [0.25, 0.3) is 0 Å². The van der Waals surface area contributed by atoms with E-state index >= 15 is 0 Å². The Bertz CT molecular complexity index is 619. The van der Waals surface area contributed by atoms with Gasteiger partial charge in [0.05, 0.1) is 10.6 Å². The molecule has 0 saturated heterocycles. The molecule has 24 heavy (non-hydrogen) atoms. The molecular formula is C18H24N2O2S2. The summed E-state index contributed by atoms with van der Waals surface area (Å²) in [5, 5.41) is 6.94. The number of hydrogen-bond acceptors (Lipinski definition) is 4. The Hall–Kier alpha value is -0.880. The van der Waals surface area contributed by atoms with Crippen molar-refractivity contribution >= 4 is 33.4 Å². The predicted octanol–water partition coefficient (Wildman–Crippen LogP) is 3.86. The third kappa shape index (κ3) is 3.85. The molecule has 0 spiro atoms. The summed E-state index contributed by atoms with van der Waals surface area (Å²) in [5.74, 6) is 0.911. The summed E-state index contributed by atoms with van der Waals surface area (Å²) >= 11 is 0. The number of nitrogens with one attached hydrogen (secondary N) is 2. The van der Waals surface area contributed by atoms with Crippen molar-refractivity contribution in [1.82, 2.24) is 10.6 Å². The lowest BCUT2D eigenvalue weighted by molar-refractivity contribution is -0.121. The molecule has 2 fully saturated rings. The van der Waals surface area contributed by atoms with Crippen molar-refractivity contribution in [3.63, 3.8) is 0 Å². The van der Waals surface area contributed by atoms with Gasteiger partial charge in [-0.05, 0) is 73.7 Å². The summed E-state index contributed by atoms with van der Waals surface area (Å²) in [4.78, 5) is 26.5. The third-order valence-corrected chi connectivity index (χ3v) is 7.64. The zero-order valence-corrected chi connectivity index (χ0v) is 15.5. The van der Waals surface area contributed by atoms with Crippen LogP contribution < -0.4 is 10.6 Å². The summed E-state index contributed by atoms with van der Waals surface area (Å²) in [5.41, 5.74) is 1.95. The molecule has 1 heterocycles. The van der Waals surface area contributed by atoms with Gasteiger partial charge in [0, 0.05) is 17.4 Å². The zero-order chi connectivity index (χ0) is 16.5. The second kappa shape index (κ2) is 7.16. The van der Waals surface area contributed by atoms with Crippen molar-refractivity contribution < 1.29 is 9.59 Å². The van der Waals surface area contributed by atoms with Crippen molar-refractivity contribution in [2.45, 2.75) is 57.8 Å². The number of carbonyl (C=O) groups is 2. The Kier molecular flexibility index (Phi) is 4.95. The van der Waals surface area contributed by atoms with Gasteiger partial charge in [0.25, 0.3) is 5.91 Å². The number of rotatable bonds is 5. The Balaban J connectivity index is 1.59. The summed E-state index contributed by atoms with van der Waals surface area (Å²) in [6.07, 6.45) is 9.99. The van der Waals surface area contributed by atoms with E-state index in [1.165, 1.54) is 36.2 Å². The van der Waals surface area contributed by atoms with E-state index in [2.05, 4.69) is 10.6 Å². The third-order valence-electron chi connectivity index (χ3n) is 5.08. The molecular weight excluding hydrogens is 340 g/mol. The van der Waals surface area contributed by atoms with Gasteiger partial charge < -0.3 is 10.6 Å². The van der Waals surface area contributed by atoms with E-state index in [1.807, 2.05) is 0 Å². The first-order chi connectivity index (χ1) is 11.7. The summed E-state index contributed by atoms with van der Waals surface area (Å²) in [6, 6.07) is 0. The van der Waals surface area contributed by atoms with Crippen LogP contribution in [0.3, 0.4) is 0 Å². The molecule has 0 atom stereocenters. The molecule has 3 aliphatic carbocycles. The highest BCUT2D eigenvalue weighted by molar-refractivity contribution is 8.79. The maximum Gasteiger partial charge on any atom is 0.254 e. The molecule has 0 aromatic carbocycles. The van der Waals surface area contributed by atoms with E-state index in [0.717, 1.165) is 49.3 Å². The second-order valence-corrected chi connectivity index (χ2v) is 9.48. The van der Waals surface area contributed by atoms with Crippen LogP contribution in [0.4, 0.5) is 0 Å². The van der Waals surface area contributed by atoms with Crippen LogP contribution in [-0.2, 0) is 9.59 Å². The molecule has 1 aliphatic heterocycles. The van der Waals surface area contributed by atoms with E-state index in [0.29, 0.717) is 5.92 Å². The van der Waals surface area contributed by atoms with Gasteiger partial charge in [-0.15, -0.1) is 0 Å². The Labute approximate surface area is 151 Å². The Morgan fingerprint density at radius 3 is 2.54 bits per heavy atom. The van der Waals surface area contributed by atoms with Crippen molar-refractivity contribution in [2.24, 2.45) is 11.8 Å². The smallest absolute Gasteiger partial charge is 0.254 e. The first kappa shape index (κ1) is 16.6. The number of amides is 2. The van der Waals surface area contributed by atoms with Gasteiger partial charge in [-0.25, -0.2) is 0 Å². The standard InChI is InChI=1S/C18H24N2O2S2/c21-16(12-8-9-12)20-18-15(17(22)19-10-11-6-7-11)13-4-2-1-3-5-14(13)23-24-18/h11-12H,1-10H2,(H,19,22)(H,20,21). The van der Waals surface area contributed by atoms with Gasteiger partial charge in [-0.3, -0.25) is 9.59 Å². The van der Waals surface area contributed by atoms with Crippen molar-refractivity contribution in [1.29, 1.82) is 0 Å². The normalized spacial score (nSPS) is 24.3. The molecule has 0 aromatic heterocycles. The molecule has 0 radical (unpaired) electrons. The molecule has 2 N–H and O–H groups in total. The number of hydrogen-bond donors (Lipinski definition) is 2. The lowest BCUT2D eigenvalue weighted by Crippen LogP contribution is -2.33. The van der Waals surface area contributed by atoms with Crippen LogP contribution in [0.2, 0.25) is 0 Å². The molecule has 4 aliphatic rings. The molecule has 2 saturated carbocycles. The van der Waals surface area contributed by atoms with E-state index in [-0.39, 0.29) is 17.7 Å². The zero-order valence-electron chi connectivity index (χ0n) is 13.9. The predicted molar refractivity (Wildman–Crippen MR) is 98.9 cm³/mol. The van der Waals surface area contributed by atoms with E-state index in [9.17, 15) is 9.59 Å². The minimum Gasteiger partial charge on any atom is -0.352 e. The van der Waals surface area contributed by atoms with Gasteiger partial charge in [-0.1, -0.05) is 17.2 Å². The van der Waals surface area contributed by atoms with Gasteiger partial charge in [-0.2, -0.15) is 0 Å². The minimum atomic E-state index is 0.00944. The molecule has 4 nitrogen and oxygen atoms in total. The fraction of sp³-hybridized carbons (Fsp3) is 0.667. The number of allylic oxidation sites excluding steroid dienone is 1. The van der Waals surface area contributed by atoms with Crippen LogP contribution in [0.5, 0.6) is 0 Å². The van der Waals surface area contributed by atoms with Gasteiger partial charge in [0.15, 0.2) is 0 Å². The van der Waals surface area contributed by atoms with E-state index in [4.69, 9.17) is 0 Å². The average molecular weight is 365 g/mol. The van der Waals surface area contributed by atoms with Crippen LogP contribution in [0.1, 0.15) is 57.8 Å². The van der Waals surface area contributed by atoms with Crippen molar-refractivity contribution in [3.05, 3.63) is 21.1 Å². The molecule has 0 unspecified atom stereocenters. The first-order valence-electron chi connectivity index (χ1n) is 9.12.